The third-order valence-electron chi connectivity index (χ3n) is 3.53. The predicted octanol–water partition coefficient (Wildman–Crippen LogP) is 4.08. The fourth-order valence-corrected chi connectivity index (χ4v) is 2.48. The molecule has 0 fully saturated rings. The average Bonchev–Trinajstić information content (AvgIpc) is 2.97. The highest BCUT2D eigenvalue weighted by molar-refractivity contribution is 5.39. The number of benzene rings is 1. The first-order valence-corrected chi connectivity index (χ1v) is 7.34. The number of rotatable bonds is 7. The topological polar surface area (TPSA) is 34.4 Å². The fourth-order valence-electron chi connectivity index (χ4n) is 2.48. The second-order valence-corrected chi connectivity index (χ2v) is 4.90. The molecule has 21 heavy (non-hydrogen) atoms. The third-order valence-corrected chi connectivity index (χ3v) is 3.53. The first-order chi connectivity index (χ1) is 10.2. The van der Waals surface area contributed by atoms with E-state index >= 15 is 0 Å². The molecule has 0 saturated heterocycles. The zero-order valence-corrected chi connectivity index (χ0v) is 12.8. The largest absolute Gasteiger partial charge is 0.494 e. The highest BCUT2D eigenvalue weighted by Gasteiger charge is 2.23. The van der Waals surface area contributed by atoms with Gasteiger partial charge in [0.15, 0.2) is 11.6 Å². The molecule has 4 heteroatoms. The Kier molecular flexibility index (Phi) is 5.39. The molecule has 3 nitrogen and oxygen atoms in total. The predicted molar refractivity (Wildman–Crippen MR) is 81.2 cm³/mol. The molecule has 1 unspecified atom stereocenters. The molecule has 1 heterocycles. The quantitative estimate of drug-likeness (QED) is 0.834. The Balaban J connectivity index is 2.45. The lowest BCUT2D eigenvalue weighted by atomic mass is 9.97. The summed E-state index contributed by atoms with van der Waals surface area (Å²) in [5.74, 6) is 0.819. The number of halogens is 1. The maximum Gasteiger partial charge on any atom is 0.170 e. The minimum absolute atomic E-state index is 0.228. The van der Waals surface area contributed by atoms with Crippen molar-refractivity contribution >= 4 is 0 Å². The molecule has 1 atom stereocenters. The molecule has 0 bridgehead atoms. The summed E-state index contributed by atoms with van der Waals surface area (Å²) >= 11 is 0. The Morgan fingerprint density at radius 2 is 2.05 bits per heavy atom. The molecule has 0 saturated carbocycles. The van der Waals surface area contributed by atoms with Crippen molar-refractivity contribution in [2.75, 3.05) is 13.7 Å². The lowest BCUT2D eigenvalue weighted by Gasteiger charge is -2.20. The molecular weight excluding hydrogens is 269 g/mol. The van der Waals surface area contributed by atoms with Gasteiger partial charge >= 0.3 is 0 Å². The van der Waals surface area contributed by atoms with Crippen molar-refractivity contribution in [3.05, 3.63) is 53.2 Å². The summed E-state index contributed by atoms with van der Waals surface area (Å²) < 4.78 is 25.2. The van der Waals surface area contributed by atoms with Crippen molar-refractivity contribution < 1.29 is 13.5 Å². The van der Waals surface area contributed by atoms with E-state index in [2.05, 4.69) is 12.2 Å². The molecule has 2 rings (SSSR count). The summed E-state index contributed by atoms with van der Waals surface area (Å²) in [6, 6.07) is 6.91. The van der Waals surface area contributed by atoms with Gasteiger partial charge in [0.1, 0.15) is 5.76 Å². The van der Waals surface area contributed by atoms with E-state index in [1.54, 1.807) is 18.4 Å². The second kappa shape index (κ2) is 7.27. The van der Waals surface area contributed by atoms with Crippen molar-refractivity contribution in [2.24, 2.45) is 0 Å². The average molecular weight is 291 g/mol. The number of hydrogen-bond donors (Lipinski definition) is 1. The third kappa shape index (κ3) is 3.27. The Morgan fingerprint density at radius 1 is 1.24 bits per heavy atom. The van der Waals surface area contributed by atoms with Gasteiger partial charge < -0.3 is 14.5 Å². The van der Waals surface area contributed by atoms with Crippen LogP contribution in [-0.4, -0.2) is 13.7 Å². The van der Waals surface area contributed by atoms with Gasteiger partial charge in [-0.2, -0.15) is 0 Å². The van der Waals surface area contributed by atoms with Gasteiger partial charge in [0.05, 0.1) is 19.4 Å². The molecule has 114 valence electrons. The van der Waals surface area contributed by atoms with E-state index in [1.807, 2.05) is 19.1 Å². The van der Waals surface area contributed by atoms with Gasteiger partial charge in [-0.25, -0.2) is 4.39 Å². The smallest absolute Gasteiger partial charge is 0.170 e. The van der Waals surface area contributed by atoms with Gasteiger partial charge in [-0.05, 0) is 25.1 Å². The van der Waals surface area contributed by atoms with Crippen LogP contribution in [-0.2, 0) is 6.42 Å². The van der Waals surface area contributed by atoms with E-state index in [0.717, 1.165) is 30.7 Å². The fraction of sp³-hybridized carbons (Fsp3) is 0.412. The first-order valence-electron chi connectivity index (χ1n) is 7.34. The monoisotopic (exact) mass is 291 g/mol. The first kappa shape index (κ1) is 15.6. The van der Waals surface area contributed by atoms with Crippen LogP contribution in [0.2, 0.25) is 0 Å². The Hall–Kier alpha value is -1.81. The lowest BCUT2D eigenvalue weighted by Crippen LogP contribution is -2.24. The van der Waals surface area contributed by atoms with Crippen LogP contribution in [0.4, 0.5) is 4.39 Å². The molecule has 0 amide bonds. The van der Waals surface area contributed by atoms with Crippen molar-refractivity contribution in [3.8, 4) is 5.75 Å². The van der Waals surface area contributed by atoms with Gasteiger partial charge in [-0.15, -0.1) is 0 Å². The van der Waals surface area contributed by atoms with Gasteiger partial charge in [0.25, 0.3) is 0 Å². The van der Waals surface area contributed by atoms with Gasteiger partial charge in [0.2, 0.25) is 0 Å². The number of nitrogens with one attached hydrogen (secondary N) is 1. The van der Waals surface area contributed by atoms with Crippen LogP contribution in [0.3, 0.4) is 0 Å². The summed E-state index contributed by atoms with van der Waals surface area (Å²) in [5.41, 5.74) is 1.57. The van der Waals surface area contributed by atoms with E-state index in [1.165, 1.54) is 7.11 Å². The van der Waals surface area contributed by atoms with Crippen LogP contribution >= 0.6 is 0 Å². The van der Waals surface area contributed by atoms with Crippen LogP contribution in [0, 0.1) is 5.82 Å². The molecule has 0 aliphatic carbocycles. The zero-order valence-electron chi connectivity index (χ0n) is 12.8. The van der Waals surface area contributed by atoms with Crippen molar-refractivity contribution in [2.45, 2.75) is 32.7 Å². The SMILES string of the molecule is CCCNC(c1ccoc1CC)c1cccc(OC)c1F. The molecule has 0 radical (unpaired) electrons. The van der Waals surface area contributed by atoms with E-state index in [0.29, 0.717) is 5.56 Å². The van der Waals surface area contributed by atoms with E-state index < -0.39 is 0 Å². The summed E-state index contributed by atoms with van der Waals surface area (Å²) in [6.07, 6.45) is 3.41. The number of hydrogen-bond acceptors (Lipinski definition) is 3. The Bertz CT molecular complexity index is 580. The number of methoxy groups -OCH3 is 1. The van der Waals surface area contributed by atoms with Crippen molar-refractivity contribution in [3.63, 3.8) is 0 Å². The zero-order chi connectivity index (χ0) is 15.2. The molecule has 1 N–H and O–H groups in total. The standard InChI is InChI=1S/C17H22FNO2/c1-4-10-19-17(12-9-11-21-14(12)5-2)13-7-6-8-15(20-3)16(13)18/h6-9,11,17,19H,4-5,10H2,1-3H3. The van der Waals surface area contributed by atoms with Crippen LogP contribution < -0.4 is 10.1 Å². The Morgan fingerprint density at radius 3 is 2.71 bits per heavy atom. The minimum Gasteiger partial charge on any atom is -0.494 e. The van der Waals surface area contributed by atoms with E-state index in [-0.39, 0.29) is 17.6 Å². The highest BCUT2D eigenvalue weighted by Crippen LogP contribution is 2.31. The summed E-state index contributed by atoms with van der Waals surface area (Å²) in [4.78, 5) is 0. The molecule has 0 aliphatic heterocycles. The van der Waals surface area contributed by atoms with Gasteiger partial charge in [-0.3, -0.25) is 0 Å². The number of aryl methyl sites for hydroxylation is 1. The molecule has 1 aromatic heterocycles. The van der Waals surface area contributed by atoms with Gasteiger partial charge in [-0.1, -0.05) is 26.0 Å². The summed E-state index contributed by atoms with van der Waals surface area (Å²) in [5, 5.41) is 3.40. The van der Waals surface area contributed by atoms with Crippen LogP contribution in [0.25, 0.3) is 0 Å². The highest BCUT2D eigenvalue weighted by atomic mass is 19.1. The molecular formula is C17H22FNO2. The van der Waals surface area contributed by atoms with Crippen molar-refractivity contribution in [1.82, 2.24) is 5.32 Å². The van der Waals surface area contributed by atoms with Crippen LogP contribution in [0.5, 0.6) is 5.75 Å². The summed E-state index contributed by atoms with van der Waals surface area (Å²) in [6.45, 7) is 4.92. The second-order valence-electron chi connectivity index (χ2n) is 4.90. The maximum atomic E-state index is 14.6. The van der Waals surface area contributed by atoms with Gasteiger partial charge in [0, 0.05) is 17.5 Å². The number of ether oxygens (including phenoxy) is 1. The van der Waals surface area contributed by atoms with Crippen molar-refractivity contribution in [1.29, 1.82) is 0 Å². The molecule has 2 aromatic rings. The van der Waals surface area contributed by atoms with Crippen LogP contribution in [0.15, 0.2) is 34.9 Å². The normalized spacial score (nSPS) is 12.4. The number of furan rings is 1. The molecule has 0 spiro atoms. The van der Waals surface area contributed by atoms with Crippen LogP contribution in [0.1, 0.15) is 43.2 Å². The minimum atomic E-state index is -0.322. The van der Waals surface area contributed by atoms with E-state index in [9.17, 15) is 4.39 Å². The maximum absolute atomic E-state index is 14.6. The van der Waals surface area contributed by atoms with E-state index in [4.69, 9.17) is 9.15 Å². The lowest BCUT2D eigenvalue weighted by molar-refractivity contribution is 0.381. The Labute approximate surface area is 125 Å². The molecule has 1 aromatic carbocycles. The summed E-state index contributed by atoms with van der Waals surface area (Å²) in [7, 11) is 1.48. The molecule has 0 aliphatic rings.